The van der Waals surface area contributed by atoms with E-state index in [9.17, 15) is 18.0 Å². The Hall–Kier alpha value is -2.13. The minimum Gasteiger partial charge on any atom is -0.343 e. The minimum absolute atomic E-state index is 0. The number of nitrogens with two attached hydrogens (primary N) is 1. The molecule has 10 heteroatoms. The molecular formula is C16H18ClF3N4O2. The molecule has 6 nitrogen and oxygen atoms in total. The van der Waals surface area contributed by atoms with E-state index in [1.807, 2.05) is 0 Å². The van der Waals surface area contributed by atoms with Gasteiger partial charge in [-0.1, -0.05) is 30.1 Å². The average Bonchev–Trinajstić information content (AvgIpc) is 3.22. The molecule has 1 aliphatic carbocycles. The minimum atomic E-state index is -4.61. The second-order valence-corrected chi connectivity index (χ2v) is 6.10. The molecule has 0 unspecified atom stereocenters. The average molecular weight is 391 g/mol. The summed E-state index contributed by atoms with van der Waals surface area (Å²) in [5.41, 5.74) is 4.13. The molecule has 0 spiro atoms. The van der Waals surface area contributed by atoms with Crippen molar-refractivity contribution in [1.82, 2.24) is 15.5 Å². The summed E-state index contributed by atoms with van der Waals surface area (Å²) < 4.78 is 43.9. The van der Waals surface area contributed by atoms with Crippen molar-refractivity contribution in [3.63, 3.8) is 0 Å². The van der Waals surface area contributed by atoms with E-state index >= 15 is 0 Å². The smallest absolute Gasteiger partial charge is 0.343 e. The van der Waals surface area contributed by atoms with Crippen LogP contribution in [0.15, 0.2) is 28.8 Å². The molecule has 1 aromatic heterocycles. The molecular weight excluding hydrogens is 373 g/mol. The summed E-state index contributed by atoms with van der Waals surface area (Å²) in [7, 11) is 0. The zero-order valence-corrected chi connectivity index (χ0v) is 14.5. The van der Waals surface area contributed by atoms with Gasteiger partial charge in [0.15, 0.2) is 5.82 Å². The predicted octanol–water partition coefficient (Wildman–Crippen LogP) is 3.17. The maximum atomic E-state index is 13.0. The van der Waals surface area contributed by atoms with Crippen LogP contribution in [0.5, 0.6) is 0 Å². The van der Waals surface area contributed by atoms with Crippen LogP contribution < -0.4 is 11.1 Å². The van der Waals surface area contributed by atoms with E-state index in [4.69, 9.17) is 10.3 Å². The number of amides is 1. The van der Waals surface area contributed by atoms with E-state index in [-0.39, 0.29) is 24.8 Å². The summed E-state index contributed by atoms with van der Waals surface area (Å²) in [4.78, 5) is 16.2. The summed E-state index contributed by atoms with van der Waals surface area (Å²) in [6.07, 6.45) is -1.16. The van der Waals surface area contributed by atoms with Gasteiger partial charge in [-0.25, -0.2) is 0 Å². The lowest BCUT2D eigenvalue weighted by molar-refractivity contribution is -0.137. The Kier molecular flexibility index (Phi) is 5.92. The van der Waals surface area contributed by atoms with Crippen molar-refractivity contribution in [1.29, 1.82) is 0 Å². The van der Waals surface area contributed by atoms with E-state index in [1.165, 1.54) is 12.1 Å². The third kappa shape index (κ3) is 4.16. The molecule has 1 aliphatic rings. The van der Waals surface area contributed by atoms with Crippen molar-refractivity contribution in [3.05, 3.63) is 47.1 Å². The molecule has 1 heterocycles. The second kappa shape index (κ2) is 7.63. The number of carbonyl (C=O) groups is 1. The number of carbonyl (C=O) groups excluding carboxylic acids is 1. The molecule has 1 saturated carbocycles. The van der Waals surface area contributed by atoms with Crippen LogP contribution in [0.25, 0.3) is 0 Å². The summed E-state index contributed by atoms with van der Waals surface area (Å²) in [6, 6.07) is 4.57. The highest BCUT2D eigenvalue weighted by Crippen LogP contribution is 2.34. The molecule has 3 N–H and O–H groups in total. The van der Waals surface area contributed by atoms with Gasteiger partial charge in [0.1, 0.15) is 0 Å². The van der Waals surface area contributed by atoms with Gasteiger partial charge in [0, 0.05) is 0 Å². The van der Waals surface area contributed by atoms with Crippen LogP contribution >= 0.6 is 12.4 Å². The van der Waals surface area contributed by atoms with Gasteiger partial charge >= 0.3 is 6.18 Å². The molecule has 1 amide bonds. The molecule has 0 atom stereocenters. The van der Waals surface area contributed by atoms with Crippen molar-refractivity contribution in [2.24, 2.45) is 5.73 Å². The lowest BCUT2D eigenvalue weighted by Gasteiger charge is -2.17. The zero-order valence-electron chi connectivity index (χ0n) is 13.7. The van der Waals surface area contributed by atoms with Crippen molar-refractivity contribution in [3.8, 4) is 0 Å². The number of halogens is 4. The zero-order chi connectivity index (χ0) is 18.1. The number of benzene rings is 1. The molecule has 26 heavy (non-hydrogen) atoms. The highest BCUT2D eigenvalue weighted by atomic mass is 35.5. The van der Waals surface area contributed by atoms with Crippen LogP contribution in [-0.2, 0) is 18.3 Å². The van der Waals surface area contributed by atoms with Crippen LogP contribution in [-0.4, -0.2) is 16.0 Å². The van der Waals surface area contributed by atoms with Crippen molar-refractivity contribution in [2.75, 3.05) is 0 Å². The monoisotopic (exact) mass is 390 g/mol. The Morgan fingerprint density at radius 1 is 1.27 bits per heavy atom. The Balaban J connectivity index is 0.00000243. The molecule has 0 bridgehead atoms. The molecule has 0 saturated heterocycles. The molecule has 0 aliphatic heterocycles. The Bertz CT molecular complexity index is 773. The van der Waals surface area contributed by atoms with Gasteiger partial charge in [-0.05, 0) is 25.0 Å². The van der Waals surface area contributed by atoms with Gasteiger partial charge < -0.3 is 15.6 Å². The molecule has 1 aromatic carbocycles. The molecule has 142 valence electrons. The third-order valence-electron chi connectivity index (χ3n) is 4.29. The number of rotatable bonds is 4. The van der Waals surface area contributed by atoms with E-state index in [2.05, 4.69) is 15.5 Å². The molecule has 1 fully saturated rings. The first-order valence-corrected chi connectivity index (χ1v) is 7.86. The number of nitrogens with zero attached hydrogens (tertiary/aromatic N) is 2. The fourth-order valence-corrected chi connectivity index (χ4v) is 2.94. The molecule has 3 rings (SSSR count). The summed E-state index contributed by atoms with van der Waals surface area (Å²) >= 11 is 0. The van der Waals surface area contributed by atoms with Crippen molar-refractivity contribution >= 4 is 18.3 Å². The Labute approximate surface area is 153 Å². The van der Waals surface area contributed by atoms with Gasteiger partial charge in [0.2, 0.25) is 5.89 Å². The lowest BCUT2D eigenvalue weighted by Crippen LogP contribution is -2.34. The molecule has 2 aromatic rings. The fraction of sp³-hybridized carbons (Fsp3) is 0.438. The van der Waals surface area contributed by atoms with Crippen molar-refractivity contribution < 1.29 is 22.5 Å². The quantitative estimate of drug-likeness (QED) is 0.836. The predicted molar refractivity (Wildman–Crippen MR) is 88.5 cm³/mol. The number of nitrogens with one attached hydrogen (secondary N) is 1. The maximum absolute atomic E-state index is 13.0. The molecule has 0 radical (unpaired) electrons. The van der Waals surface area contributed by atoms with Gasteiger partial charge in [0.05, 0.1) is 23.2 Å². The van der Waals surface area contributed by atoms with Crippen LogP contribution in [0.3, 0.4) is 0 Å². The summed E-state index contributed by atoms with van der Waals surface area (Å²) in [6.45, 7) is -0.173. The van der Waals surface area contributed by atoms with Gasteiger partial charge in [-0.2, -0.15) is 18.2 Å². The standard InChI is InChI=1S/C16H17F3N4O2.ClH/c17-16(18,19)11-6-2-1-5-10(11)13(24)21-9-12-22-14(23-25-12)15(20)7-3-4-8-15;/h1-2,5-6H,3-4,7-9,20H2,(H,21,24);1H. The Morgan fingerprint density at radius 2 is 1.92 bits per heavy atom. The highest BCUT2D eigenvalue weighted by molar-refractivity contribution is 5.95. The normalized spacial score (nSPS) is 16.2. The largest absolute Gasteiger partial charge is 0.417 e. The summed E-state index contributed by atoms with van der Waals surface area (Å²) in [5.74, 6) is -0.398. The fourth-order valence-electron chi connectivity index (χ4n) is 2.94. The topological polar surface area (TPSA) is 94.0 Å². The van der Waals surface area contributed by atoms with E-state index < -0.39 is 28.7 Å². The van der Waals surface area contributed by atoms with E-state index in [0.29, 0.717) is 5.82 Å². The first-order chi connectivity index (χ1) is 11.8. The number of aromatic nitrogens is 2. The van der Waals surface area contributed by atoms with Crippen LogP contribution in [0.2, 0.25) is 0 Å². The first-order valence-electron chi connectivity index (χ1n) is 7.86. The van der Waals surface area contributed by atoms with Gasteiger partial charge in [0.25, 0.3) is 5.91 Å². The Morgan fingerprint density at radius 3 is 2.58 bits per heavy atom. The van der Waals surface area contributed by atoms with Gasteiger partial charge in [-0.3, -0.25) is 4.79 Å². The summed E-state index contributed by atoms with van der Waals surface area (Å²) in [5, 5.41) is 6.20. The SMILES string of the molecule is Cl.NC1(c2noc(CNC(=O)c3ccccc3C(F)(F)F)n2)CCCC1. The highest BCUT2D eigenvalue weighted by Gasteiger charge is 2.36. The first kappa shape index (κ1) is 20.2. The third-order valence-corrected chi connectivity index (χ3v) is 4.29. The number of hydrogen-bond acceptors (Lipinski definition) is 5. The second-order valence-electron chi connectivity index (χ2n) is 6.10. The van der Waals surface area contributed by atoms with Crippen molar-refractivity contribution in [2.45, 2.75) is 43.9 Å². The van der Waals surface area contributed by atoms with Gasteiger partial charge in [-0.15, -0.1) is 12.4 Å². The number of alkyl halides is 3. The van der Waals surface area contributed by atoms with Crippen LogP contribution in [0.1, 0.15) is 53.3 Å². The van der Waals surface area contributed by atoms with E-state index in [1.54, 1.807) is 0 Å². The maximum Gasteiger partial charge on any atom is 0.417 e. The van der Waals surface area contributed by atoms with Crippen LogP contribution in [0, 0.1) is 0 Å². The lowest BCUT2D eigenvalue weighted by atomic mass is 9.99. The number of hydrogen-bond donors (Lipinski definition) is 2. The van der Waals surface area contributed by atoms with Crippen LogP contribution in [0.4, 0.5) is 13.2 Å². The van der Waals surface area contributed by atoms with E-state index in [0.717, 1.165) is 37.8 Å².